The number of piperidine rings is 1. The molecule has 0 N–H and O–H groups in total. The average Bonchev–Trinajstić information content (AvgIpc) is 2.97. The molecule has 4 nitrogen and oxygen atoms in total. The van der Waals surface area contributed by atoms with E-state index in [1.165, 1.54) is 17.7 Å². The average molecular weight is 539 g/mol. The number of rotatable bonds is 8. The highest BCUT2D eigenvalue weighted by atomic mass is 19.4. The second kappa shape index (κ2) is 12.6. The number of likely N-dealkylation sites (tertiary alicyclic amines) is 1. The second-order valence-electron chi connectivity index (χ2n) is 10.6. The molecule has 39 heavy (non-hydrogen) atoms. The molecule has 0 radical (unpaired) electrons. The Labute approximate surface area is 229 Å². The Morgan fingerprint density at radius 1 is 0.846 bits per heavy atom. The number of ether oxygens (including phenoxy) is 2. The number of morpholine rings is 1. The van der Waals surface area contributed by atoms with E-state index in [1.807, 2.05) is 18.2 Å². The molecule has 0 aliphatic carbocycles. The fraction of sp³-hybridized carbons (Fsp3) is 0.438. The molecule has 0 bridgehead atoms. The first kappa shape index (κ1) is 27.8. The maximum Gasteiger partial charge on any atom is 0.416 e. The molecule has 0 amide bonds. The third-order valence-corrected chi connectivity index (χ3v) is 8.04. The van der Waals surface area contributed by atoms with E-state index in [2.05, 4.69) is 52.3 Å². The summed E-state index contributed by atoms with van der Waals surface area (Å²) < 4.78 is 52.4. The van der Waals surface area contributed by atoms with Gasteiger partial charge in [-0.15, -0.1) is 0 Å². The molecule has 2 fully saturated rings. The second-order valence-corrected chi connectivity index (χ2v) is 10.6. The molecule has 2 heterocycles. The van der Waals surface area contributed by atoms with Gasteiger partial charge in [-0.2, -0.15) is 13.2 Å². The summed E-state index contributed by atoms with van der Waals surface area (Å²) in [5.74, 6) is 0.623. The molecule has 5 rings (SSSR count). The van der Waals surface area contributed by atoms with Crippen LogP contribution in [-0.2, 0) is 15.7 Å². The van der Waals surface area contributed by atoms with Crippen LogP contribution < -0.4 is 0 Å². The molecular formula is C32H37F3N2O2. The molecule has 0 spiro atoms. The fourth-order valence-electron chi connectivity index (χ4n) is 5.80. The molecule has 0 saturated carbocycles. The number of benzene rings is 3. The zero-order valence-corrected chi connectivity index (χ0v) is 22.4. The minimum absolute atomic E-state index is 0.143. The molecule has 2 saturated heterocycles. The first-order valence-corrected chi connectivity index (χ1v) is 13.9. The van der Waals surface area contributed by atoms with Gasteiger partial charge in [0.15, 0.2) is 6.29 Å². The molecule has 2 unspecified atom stereocenters. The van der Waals surface area contributed by atoms with E-state index < -0.39 is 24.1 Å². The largest absolute Gasteiger partial charge is 0.416 e. The van der Waals surface area contributed by atoms with Crippen LogP contribution in [0.25, 0.3) is 0 Å². The SMILES string of the molecule is C[C@@H](OC1OCCN(CCN2CCC(c3ccccc3)CC2)C1c1ccccc1)c1cccc(C(F)(F)F)c1. The third-order valence-electron chi connectivity index (χ3n) is 8.04. The first-order chi connectivity index (χ1) is 18.9. The van der Waals surface area contributed by atoms with Crippen LogP contribution >= 0.6 is 0 Å². The van der Waals surface area contributed by atoms with Gasteiger partial charge in [-0.05, 0) is 67.6 Å². The Kier molecular flexibility index (Phi) is 9.03. The lowest BCUT2D eigenvalue weighted by Gasteiger charge is -2.43. The summed E-state index contributed by atoms with van der Waals surface area (Å²) in [5.41, 5.74) is 2.33. The van der Waals surface area contributed by atoms with Crippen molar-refractivity contribution in [1.82, 2.24) is 9.80 Å². The zero-order valence-electron chi connectivity index (χ0n) is 22.4. The summed E-state index contributed by atoms with van der Waals surface area (Å²) in [4.78, 5) is 4.95. The standard InChI is InChI=1S/C32H37F3N2O2/c1-24(28-13-8-14-29(23-28)32(33,34)35)39-31-30(27-11-6-3-7-12-27)37(21-22-38-31)20-19-36-17-15-26(16-18-36)25-9-4-2-5-10-25/h2-14,23-24,26,30-31H,15-22H2,1H3/t24-,30?,31?/m1/s1. The van der Waals surface area contributed by atoms with Crippen LogP contribution in [0.5, 0.6) is 0 Å². The van der Waals surface area contributed by atoms with E-state index in [0.29, 0.717) is 18.1 Å². The lowest BCUT2D eigenvalue weighted by Crippen LogP contribution is -2.49. The minimum atomic E-state index is -4.39. The fourth-order valence-corrected chi connectivity index (χ4v) is 5.80. The molecule has 3 aromatic rings. The van der Waals surface area contributed by atoms with Gasteiger partial charge in [0.1, 0.15) is 0 Å². The van der Waals surface area contributed by atoms with Crippen molar-refractivity contribution in [3.8, 4) is 0 Å². The molecule has 0 aromatic heterocycles. The summed E-state index contributed by atoms with van der Waals surface area (Å²) in [6, 6.07) is 26.1. The van der Waals surface area contributed by atoms with Crippen molar-refractivity contribution >= 4 is 0 Å². The van der Waals surface area contributed by atoms with E-state index in [-0.39, 0.29) is 6.04 Å². The number of hydrogen-bond donors (Lipinski definition) is 0. The first-order valence-electron chi connectivity index (χ1n) is 13.9. The van der Waals surface area contributed by atoms with Crippen LogP contribution in [0.3, 0.4) is 0 Å². The summed E-state index contributed by atoms with van der Waals surface area (Å²) in [5, 5.41) is 0. The highest BCUT2D eigenvalue weighted by Crippen LogP contribution is 2.36. The van der Waals surface area contributed by atoms with Gasteiger partial charge in [-0.3, -0.25) is 4.90 Å². The van der Waals surface area contributed by atoms with E-state index in [9.17, 15) is 13.2 Å². The molecular weight excluding hydrogens is 501 g/mol. The number of alkyl halides is 3. The normalized spacial score (nSPS) is 22.6. The minimum Gasteiger partial charge on any atom is -0.349 e. The van der Waals surface area contributed by atoms with Crippen LogP contribution in [0, 0.1) is 0 Å². The quantitative estimate of drug-likeness (QED) is 0.307. The maximum atomic E-state index is 13.3. The highest BCUT2D eigenvalue weighted by molar-refractivity contribution is 5.27. The van der Waals surface area contributed by atoms with Crippen molar-refractivity contribution < 1.29 is 22.6 Å². The summed E-state index contributed by atoms with van der Waals surface area (Å²) in [6.07, 6.45) is -3.21. The van der Waals surface area contributed by atoms with Crippen molar-refractivity contribution in [3.63, 3.8) is 0 Å². The van der Waals surface area contributed by atoms with Gasteiger partial charge in [0.25, 0.3) is 0 Å². The molecule has 208 valence electrons. The predicted octanol–water partition coefficient (Wildman–Crippen LogP) is 7.06. The lowest BCUT2D eigenvalue weighted by molar-refractivity contribution is -0.230. The van der Waals surface area contributed by atoms with Crippen molar-refractivity contribution in [2.75, 3.05) is 39.3 Å². The van der Waals surface area contributed by atoms with Crippen molar-refractivity contribution in [3.05, 3.63) is 107 Å². The van der Waals surface area contributed by atoms with Crippen LogP contribution in [0.2, 0.25) is 0 Å². The molecule has 2 aliphatic rings. The topological polar surface area (TPSA) is 24.9 Å². The summed E-state index contributed by atoms with van der Waals surface area (Å²) in [7, 11) is 0. The van der Waals surface area contributed by atoms with Gasteiger partial charge in [0.2, 0.25) is 0 Å². The Balaban J connectivity index is 1.25. The Morgan fingerprint density at radius 3 is 2.18 bits per heavy atom. The maximum absolute atomic E-state index is 13.3. The predicted molar refractivity (Wildman–Crippen MR) is 146 cm³/mol. The van der Waals surface area contributed by atoms with E-state index in [1.54, 1.807) is 13.0 Å². The lowest BCUT2D eigenvalue weighted by atomic mass is 9.89. The zero-order chi connectivity index (χ0) is 27.2. The summed E-state index contributed by atoms with van der Waals surface area (Å²) >= 11 is 0. The Bertz CT molecular complexity index is 1170. The van der Waals surface area contributed by atoms with Gasteiger partial charge in [0.05, 0.1) is 24.3 Å². The Hall–Kier alpha value is -2.71. The van der Waals surface area contributed by atoms with Crippen molar-refractivity contribution in [1.29, 1.82) is 0 Å². The van der Waals surface area contributed by atoms with Crippen molar-refractivity contribution in [2.45, 2.75) is 50.3 Å². The molecule has 7 heteroatoms. The number of hydrogen-bond acceptors (Lipinski definition) is 4. The smallest absolute Gasteiger partial charge is 0.349 e. The van der Waals surface area contributed by atoms with Crippen LogP contribution in [0.4, 0.5) is 13.2 Å². The van der Waals surface area contributed by atoms with E-state index >= 15 is 0 Å². The molecule has 2 aliphatic heterocycles. The third kappa shape index (κ3) is 7.09. The highest BCUT2D eigenvalue weighted by Gasteiger charge is 2.36. The van der Waals surface area contributed by atoms with Gasteiger partial charge >= 0.3 is 6.18 Å². The van der Waals surface area contributed by atoms with Gasteiger partial charge in [0, 0.05) is 19.6 Å². The van der Waals surface area contributed by atoms with Gasteiger partial charge < -0.3 is 14.4 Å². The molecule has 3 aromatic carbocycles. The van der Waals surface area contributed by atoms with Gasteiger partial charge in [-0.1, -0.05) is 72.8 Å². The van der Waals surface area contributed by atoms with E-state index in [4.69, 9.17) is 9.47 Å². The van der Waals surface area contributed by atoms with Crippen molar-refractivity contribution in [2.24, 2.45) is 0 Å². The number of nitrogens with zero attached hydrogens (tertiary/aromatic N) is 2. The molecule has 3 atom stereocenters. The monoisotopic (exact) mass is 538 g/mol. The van der Waals surface area contributed by atoms with E-state index in [0.717, 1.165) is 57.2 Å². The number of halogens is 3. The van der Waals surface area contributed by atoms with Gasteiger partial charge in [-0.25, -0.2) is 0 Å². The summed E-state index contributed by atoms with van der Waals surface area (Å²) in [6.45, 7) is 7.06. The Morgan fingerprint density at radius 2 is 1.51 bits per heavy atom. The van der Waals surface area contributed by atoms with Crippen LogP contribution in [-0.4, -0.2) is 55.4 Å². The van der Waals surface area contributed by atoms with Crippen LogP contribution in [0.15, 0.2) is 84.9 Å². The van der Waals surface area contributed by atoms with Crippen LogP contribution in [0.1, 0.15) is 60.1 Å².